The molecule has 31 heavy (non-hydrogen) atoms. The van der Waals surface area contributed by atoms with E-state index in [-0.39, 0.29) is 43.7 Å². The van der Waals surface area contributed by atoms with Crippen LogP contribution in [0.3, 0.4) is 0 Å². The average molecular weight is 428 g/mol. The van der Waals surface area contributed by atoms with Crippen LogP contribution in [0.2, 0.25) is 0 Å². The lowest BCUT2D eigenvalue weighted by atomic mass is 9.96. The molecule has 3 amide bonds. The van der Waals surface area contributed by atoms with Crippen LogP contribution in [-0.4, -0.2) is 65.4 Å². The average Bonchev–Trinajstić information content (AvgIpc) is 3.10. The maximum Gasteiger partial charge on any atom is 0.354 e. The molecule has 8 heteroatoms. The number of carbonyl (C=O) groups is 4. The Morgan fingerprint density at radius 2 is 1.71 bits per heavy atom. The van der Waals surface area contributed by atoms with E-state index in [4.69, 9.17) is 4.74 Å². The third-order valence-electron chi connectivity index (χ3n) is 6.55. The number of ether oxygens (including phenoxy) is 1. The highest BCUT2D eigenvalue weighted by atomic mass is 16.5. The van der Waals surface area contributed by atoms with Crippen molar-refractivity contribution in [1.82, 2.24) is 9.80 Å². The highest BCUT2D eigenvalue weighted by molar-refractivity contribution is 6.15. The summed E-state index contributed by atoms with van der Waals surface area (Å²) in [6, 6.07) is 6.81. The van der Waals surface area contributed by atoms with Crippen molar-refractivity contribution in [1.29, 1.82) is 0 Å². The number of amides is 3. The summed E-state index contributed by atoms with van der Waals surface area (Å²) in [6.45, 7) is 2.97. The van der Waals surface area contributed by atoms with E-state index in [1.54, 1.807) is 36.1 Å². The molecule has 2 saturated heterocycles. The second-order valence-corrected chi connectivity index (χ2v) is 8.34. The first kappa shape index (κ1) is 21.3. The van der Waals surface area contributed by atoms with Gasteiger partial charge < -0.3 is 14.5 Å². The molecule has 0 aromatic heterocycles. The summed E-state index contributed by atoms with van der Waals surface area (Å²) in [6.07, 6.45) is 5.55. The Hall–Kier alpha value is -2.90. The first-order valence-corrected chi connectivity index (χ1v) is 11.2. The number of para-hydroxylation sites is 1. The number of anilines is 1. The van der Waals surface area contributed by atoms with E-state index in [9.17, 15) is 19.2 Å². The van der Waals surface area contributed by atoms with Gasteiger partial charge in [-0.05, 0) is 31.9 Å². The van der Waals surface area contributed by atoms with Crippen molar-refractivity contribution >= 4 is 29.4 Å². The molecule has 2 fully saturated rings. The fraction of sp³-hybridized carbons (Fsp3) is 0.565. The normalized spacial score (nSPS) is 23.7. The molecular weight excluding hydrogens is 398 g/mol. The van der Waals surface area contributed by atoms with Gasteiger partial charge in [-0.15, -0.1) is 0 Å². The molecule has 0 N–H and O–H groups in total. The van der Waals surface area contributed by atoms with Crippen LogP contribution in [0.4, 0.5) is 5.69 Å². The van der Waals surface area contributed by atoms with Gasteiger partial charge in [0.2, 0.25) is 11.6 Å². The zero-order chi connectivity index (χ0) is 22.0. The van der Waals surface area contributed by atoms with Crippen LogP contribution in [0.25, 0.3) is 0 Å². The highest BCUT2D eigenvalue weighted by Crippen LogP contribution is 2.44. The number of hydrogen-bond donors (Lipinski definition) is 0. The Balaban J connectivity index is 1.57. The molecule has 0 aliphatic carbocycles. The minimum Gasteiger partial charge on any atom is -0.452 e. The van der Waals surface area contributed by atoms with Gasteiger partial charge >= 0.3 is 5.97 Å². The summed E-state index contributed by atoms with van der Waals surface area (Å²) in [5.41, 5.74) is -0.722. The number of hydrogen-bond acceptors (Lipinski definition) is 5. The summed E-state index contributed by atoms with van der Waals surface area (Å²) < 4.78 is 5.50. The molecule has 1 aromatic carbocycles. The molecule has 1 atom stereocenters. The van der Waals surface area contributed by atoms with Gasteiger partial charge in [-0.25, -0.2) is 4.79 Å². The van der Waals surface area contributed by atoms with Crippen molar-refractivity contribution in [2.24, 2.45) is 0 Å². The van der Waals surface area contributed by atoms with Crippen LogP contribution in [0.5, 0.6) is 0 Å². The fourth-order valence-corrected chi connectivity index (χ4v) is 5.00. The van der Waals surface area contributed by atoms with Gasteiger partial charge in [-0.3, -0.25) is 19.3 Å². The van der Waals surface area contributed by atoms with Crippen LogP contribution in [-0.2, 0) is 19.1 Å². The molecule has 4 rings (SSSR count). The van der Waals surface area contributed by atoms with E-state index in [1.165, 1.54) is 16.2 Å². The third-order valence-corrected chi connectivity index (χ3v) is 6.55. The number of rotatable bonds is 4. The quantitative estimate of drug-likeness (QED) is 0.689. The van der Waals surface area contributed by atoms with Gasteiger partial charge in [0.05, 0.1) is 11.3 Å². The maximum absolute atomic E-state index is 13.4. The van der Waals surface area contributed by atoms with Crippen LogP contribution in [0.15, 0.2) is 24.3 Å². The second kappa shape index (κ2) is 8.69. The molecule has 0 bridgehead atoms. The molecule has 0 radical (unpaired) electrons. The van der Waals surface area contributed by atoms with Crippen molar-refractivity contribution in [2.45, 2.75) is 57.5 Å². The Morgan fingerprint density at radius 3 is 2.42 bits per heavy atom. The van der Waals surface area contributed by atoms with Gasteiger partial charge in [-0.2, -0.15) is 0 Å². The molecule has 0 spiro atoms. The number of benzene rings is 1. The number of carbonyl (C=O) groups excluding carboxylic acids is 4. The molecule has 3 heterocycles. The molecule has 3 aliphatic rings. The lowest BCUT2D eigenvalue weighted by molar-refractivity contribution is -0.162. The highest BCUT2D eigenvalue weighted by Gasteiger charge is 2.61. The minimum atomic E-state index is -1.53. The van der Waals surface area contributed by atoms with Crippen molar-refractivity contribution in [2.75, 3.05) is 31.1 Å². The van der Waals surface area contributed by atoms with Crippen LogP contribution in [0.1, 0.15) is 62.2 Å². The SMILES string of the molecule is CCN1C(=O)c2ccccc2N2C(=O)CC[C@]12C(=O)OCC(=O)N1CCCCCCC1. The smallest absolute Gasteiger partial charge is 0.354 e. The Kier molecular flexibility index (Phi) is 5.98. The molecule has 0 unspecified atom stereocenters. The monoisotopic (exact) mass is 427 g/mol. The van der Waals surface area contributed by atoms with Crippen molar-refractivity contribution in [3.05, 3.63) is 29.8 Å². The predicted octanol–water partition coefficient (Wildman–Crippen LogP) is 2.32. The van der Waals surface area contributed by atoms with Crippen molar-refractivity contribution < 1.29 is 23.9 Å². The standard InChI is InChI=1S/C23H29N3O5/c1-2-25-21(29)17-10-6-7-11-18(17)26-19(27)12-13-23(25,26)22(30)31-16-20(28)24-14-8-4-3-5-9-15-24/h6-7,10-11H,2-5,8-9,12-16H2,1H3/t23-/m0/s1. The number of likely N-dealkylation sites (tertiary alicyclic amines) is 1. The number of likely N-dealkylation sites (N-methyl/N-ethyl adjacent to an activating group) is 1. The van der Waals surface area contributed by atoms with Crippen LogP contribution in [0, 0.1) is 0 Å². The molecule has 3 aliphatic heterocycles. The zero-order valence-electron chi connectivity index (χ0n) is 18.0. The van der Waals surface area contributed by atoms with Gasteiger partial charge in [-0.1, -0.05) is 31.4 Å². The van der Waals surface area contributed by atoms with Crippen molar-refractivity contribution in [3.8, 4) is 0 Å². The molecular formula is C23H29N3O5. The van der Waals surface area contributed by atoms with Crippen molar-refractivity contribution in [3.63, 3.8) is 0 Å². The molecule has 1 aromatic rings. The van der Waals surface area contributed by atoms with E-state index in [1.807, 2.05) is 0 Å². The number of fused-ring (bicyclic) bond motifs is 3. The fourth-order valence-electron chi connectivity index (χ4n) is 5.00. The van der Waals surface area contributed by atoms with E-state index in [0.717, 1.165) is 25.7 Å². The Morgan fingerprint density at radius 1 is 1.03 bits per heavy atom. The van der Waals surface area contributed by atoms with Crippen LogP contribution >= 0.6 is 0 Å². The molecule has 8 nitrogen and oxygen atoms in total. The van der Waals surface area contributed by atoms with Gasteiger partial charge in [0, 0.05) is 32.5 Å². The molecule has 166 valence electrons. The van der Waals surface area contributed by atoms with E-state index in [2.05, 4.69) is 0 Å². The van der Waals surface area contributed by atoms with Gasteiger partial charge in [0.15, 0.2) is 6.61 Å². The zero-order valence-corrected chi connectivity index (χ0v) is 18.0. The summed E-state index contributed by atoms with van der Waals surface area (Å²) in [4.78, 5) is 56.6. The lowest BCUT2D eigenvalue weighted by Crippen LogP contribution is -2.68. The maximum atomic E-state index is 13.4. The van der Waals surface area contributed by atoms with E-state index >= 15 is 0 Å². The number of nitrogens with zero attached hydrogens (tertiary/aromatic N) is 3. The summed E-state index contributed by atoms with van der Waals surface area (Å²) in [7, 11) is 0. The van der Waals surface area contributed by atoms with E-state index < -0.39 is 11.6 Å². The van der Waals surface area contributed by atoms with Gasteiger partial charge in [0.1, 0.15) is 0 Å². The Labute approximate surface area is 182 Å². The third kappa shape index (κ3) is 3.58. The lowest BCUT2D eigenvalue weighted by Gasteiger charge is -2.48. The first-order valence-electron chi connectivity index (χ1n) is 11.2. The second-order valence-electron chi connectivity index (χ2n) is 8.34. The van der Waals surface area contributed by atoms with Crippen LogP contribution < -0.4 is 4.90 Å². The summed E-state index contributed by atoms with van der Waals surface area (Å²) >= 11 is 0. The number of esters is 1. The first-order chi connectivity index (χ1) is 15.0. The van der Waals surface area contributed by atoms with E-state index in [0.29, 0.717) is 24.3 Å². The summed E-state index contributed by atoms with van der Waals surface area (Å²) in [5, 5.41) is 0. The predicted molar refractivity (Wildman–Crippen MR) is 113 cm³/mol. The topological polar surface area (TPSA) is 87.2 Å². The van der Waals surface area contributed by atoms with Gasteiger partial charge in [0.25, 0.3) is 11.8 Å². The largest absolute Gasteiger partial charge is 0.452 e. The Bertz CT molecular complexity index is 893. The minimum absolute atomic E-state index is 0.132. The summed E-state index contributed by atoms with van der Waals surface area (Å²) in [5.74, 6) is -1.49. The molecule has 0 saturated carbocycles.